The molecule has 136 valence electrons. The van der Waals surface area contributed by atoms with Crippen LogP contribution in [0.1, 0.15) is 12.8 Å². The fraction of sp³-hybridized carbons (Fsp3) is 0.500. The van der Waals surface area contributed by atoms with Gasteiger partial charge < -0.3 is 24.4 Å². The van der Waals surface area contributed by atoms with E-state index in [9.17, 15) is 19.8 Å². The molecule has 0 bridgehead atoms. The maximum absolute atomic E-state index is 12.3. The molecule has 1 saturated heterocycles. The van der Waals surface area contributed by atoms with Gasteiger partial charge in [0, 0.05) is 24.8 Å². The van der Waals surface area contributed by atoms with E-state index in [1.807, 2.05) is 0 Å². The van der Waals surface area contributed by atoms with E-state index < -0.39 is 40.3 Å². The fourth-order valence-electron chi connectivity index (χ4n) is 3.19. The number of rotatable bonds is 4. The van der Waals surface area contributed by atoms with Gasteiger partial charge in [0.05, 0.1) is 7.11 Å². The third-order valence-corrected chi connectivity index (χ3v) is 5.23. The summed E-state index contributed by atoms with van der Waals surface area (Å²) in [5.74, 6) is -2.38. The average Bonchev–Trinajstić information content (AvgIpc) is 2.81. The molecule has 3 aliphatic rings. The van der Waals surface area contributed by atoms with Crippen molar-refractivity contribution in [2.45, 2.75) is 29.4 Å². The Kier molecular flexibility index (Phi) is 4.74. The molecule has 2 N–H and O–H groups in total. The lowest BCUT2D eigenvalue weighted by Gasteiger charge is -2.33. The summed E-state index contributed by atoms with van der Waals surface area (Å²) in [4.78, 5) is 22.7. The fourth-order valence-corrected chi connectivity index (χ4v) is 3.61. The number of ether oxygens (including phenoxy) is 3. The molecule has 0 amide bonds. The lowest BCUT2D eigenvalue weighted by atomic mass is 9.83. The van der Waals surface area contributed by atoms with Gasteiger partial charge in [0.15, 0.2) is 11.7 Å². The molecular formula is C16H16Cl2O7. The molecule has 25 heavy (non-hydrogen) atoms. The molecule has 9 heteroatoms. The molecule has 0 spiro atoms. The summed E-state index contributed by atoms with van der Waals surface area (Å²) in [6, 6.07) is 0. The van der Waals surface area contributed by atoms with Crippen molar-refractivity contribution in [1.29, 1.82) is 0 Å². The van der Waals surface area contributed by atoms with Crippen molar-refractivity contribution >= 4 is 35.1 Å². The molecule has 1 aliphatic carbocycles. The molecular weight excluding hydrogens is 375 g/mol. The van der Waals surface area contributed by atoms with Gasteiger partial charge in [-0.25, -0.2) is 4.79 Å². The topological polar surface area (TPSA) is 102 Å². The number of carbonyl (C=O) groups is 2. The summed E-state index contributed by atoms with van der Waals surface area (Å²) in [6.07, 6.45) is 3.11. The SMILES string of the molecule is COC1=CC2C=C(CC3(C(Cl)Cl)C[C@H](O)C(=O)O3)OC(=O)C2C(O)=C1. The van der Waals surface area contributed by atoms with Crippen molar-refractivity contribution in [3.05, 3.63) is 35.5 Å². The first-order valence-electron chi connectivity index (χ1n) is 7.53. The van der Waals surface area contributed by atoms with Crippen LogP contribution in [-0.4, -0.2) is 45.8 Å². The lowest BCUT2D eigenvalue weighted by molar-refractivity contribution is -0.153. The standard InChI is InChI=1S/C16H16Cl2O7/c1-23-8-2-7-3-9(24-14(22)12(7)10(19)4-8)5-16(15(17)18)6-11(20)13(21)25-16/h2-4,7,11-12,15,19-20H,5-6H2,1H3/t7?,11-,12?,16?/m0/s1. The van der Waals surface area contributed by atoms with Gasteiger partial charge in [-0.3, -0.25) is 4.79 Å². The highest BCUT2D eigenvalue weighted by Crippen LogP contribution is 2.43. The second-order valence-corrected chi connectivity index (χ2v) is 7.23. The monoisotopic (exact) mass is 390 g/mol. The molecule has 2 heterocycles. The zero-order valence-electron chi connectivity index (χ0n) is 13.1. The minimum atomic E-state index is -1.39. The Morgan fingerprint density at radius 3 is 2.64 bits per heavy atom. The van der Waals surface area contributed by atoms with Gasteiger partial charge >= 0.3 is 11.9 Å². The van der Waals surface area contributed by atoms with Gasteiger partial charge in [0.2, 0.25) is 0 Å². The normalized spacial score (nSPS) is 34.6. The van der Waals surface area contributed by atoms with E-state index in [0.717, 1.165) is 0 Å². The Labute approximate surface area is 153 Å². The summed E-state index contributed by atoms with van der Waals surface area (Å²) in [5, 5.41) is 19.7. The number of fused-ring (bicyclic) bond motifs is 1. The number of allylic oxidation sites excluding steroid dienone is 3. The van der Waals surface area contributed by atoms with Gasteiger partial charge in [-0.1, -0.05) is 0 Å². The predicted molar refractivity (Wildman–Crippen MR) is 86.5 cm³/mol. The van der Waals surface area contributed by atoms with Crippen molar-refractivity contribution in [3.63, 3.8) is 0 Å². The van der Waals surface area contributed by atoms with E-state index in [4.69, 9.17) is 37.4 Å². The smallest absolute Gasteiger partial charge is 0.335 e. The van der Waals surface area contributed by atoms with Crippen molar-refractivity contribution < 1.29 is 34.0 Å². The van der Waals surface area contributed by atoms with E-state index >= 15 is 0 Å². The molecule has 4 atom stereocenters. The van der Waals surface area contributed by atoms with Crippen LogP contribution in [0.25, 0.3) is 0 Å². The Hall–Kier alpha value is -1.70. The Bertz CT molecular complexity index is 697. The molecule has 2 aliphatic heterocycles. The second kappa shape index (κ2) is 6.55. The highest BCUT2D eigenvalue weighted by atomic mass is 35.5. The maximum atomic E-state index is 12.3. The lowest BCUT2D eigenvalue weighted by Crippen LogP contribution is -2.39. The quantitative estimate of drug-likeness (QED) is 0.557. The first kappa shape index (κ1) is 18.1. The zero-order valence-corrected chi connectivity index (χ0v) is 14.7. The molecule has 0 aromatic rings. The predicted octanol–water partition coefficient (Wildman–Crippen LogP) is 1.89. The van der Waals surface area contributed by atoms with Crippen LogP contribution in [0.15, 0.2) is 35.5 Å². The molecule has 7 nitrogen and oxygen atoms in total. The number of alkyl halides is 2. The number of hydrogen-bond acceptors (Lipinski definition) is 7. The Balaban J connectivity index is 1.88. The first-order chi connectivity index (χ1) is 11.8. The summed E-state index contributed by atoms with van der Waals surface area (Å²) in [5.41, 5.74) is -1.39. The zero-order chi connectivity index (χ0) is 18.4. The highest BCUT2D eigenvalue weighted by Gasteiger charge is 2.52. The maximum Gasteiger partial charge on any atom is 0.335 e. The molecule has 0 aromatic heterocycles. The molecule has 3 rings (SSSR count). The van der Waals surface area contributed by atoms with Crippen LogP contribution < -0.4 is 0 Å². The van der Waals surface area contributed by atoms with Crippen LogP contribution in [0.4, 0.5) is 0 Å². The Morgan fingerprint density at radius 2 is 2.08 bits per heavy atom. The van der Waals surface area contributed by atoms with Gasteiger partial charge in [-0.05, 0) is 12.2 Å². The summed E-state index contributed by atoms with van der Waals surface area (Å²) in [7, 11) is 1.45. The Morgan fingerprint density at radius 1 is 1.36 bits per heavy atom. The van der Waals surface area contributed by atoms with Crippen molar-refractivity contribution in [2.24, 2.45) is 11.8 Å². The van der Waals surface area contributed by atoms with Crippen molar-refractivity contribution in [2.75, 3.05) is 7.11 Å². The van der Waals surface area contributed by atoms with Crippen LogP contribution in [-0.2, 0) is 23.8 Å². The minimum Gasteiger partial charge on any atom is -0.511 e. The summed E-state index contributed by atoms with van der Waals surface area (Å²) >= 11 is 11.9. The first-order valence-corrected chi connectivity index (χ1v) is 8.41. The van der Waals surface area contributed by atoms with Crippen LogP contribution in [0.3, 0.4) is 0 Å². The number of esters is 2. The van der Waals surface area contributed by atoms with E-state index in [0.29, 0.717) is 5.76 Å². The van der Waals surface area contributed by atoms with Gasteiger partial charge in [-0.2, -0.15) is 0 Å². The van der Waals surface area contributed by atoms with Crippen molar-refractivity contribution in [3.8, 4) is 0 Å². The highest BCUT2D eigenvalue weighted by molar-refractivity contribution is 6.45. The van der Waals surface area contributed by atoms with E-state index in [1.54, 1.807) is 12.2 Å². The minimum absolute atomic E-state index is 0.0803. The molecule has 1 fully saturated rings. The third-order valence-electron chi connectivity index (χ3n) is 4.44. The molecule has 3 unspecified atom stereocenters. The van der Waals surface area contributed by atoms with Crippen LogP contribution in [0.2, 0.25) is 0 Å². The van der Waals surface area contributed by atoms with E-state index in [-0.39, 0.29) is 24.4 Å². The van der Waals surface area contributed by atoms with Gasteiger partial charge in [0.25, 0.3) is 0 Å². The molecule has 0 aromatic carbocycles. The number of hydrogen-bond donors (Lipinski definition) is 2. The number of aliphatic hydroxyl groups is 2. The second-order valence-electron chi connectivity index (χ2n) is 6.13. The molecule has 0 saturated carbocycles. The molecule has 0 radical (unpaired) electrons. The van der Waals surface area contributed by atoms with Gasteiger partial charge in [0.1, 0.15) is 28.0 Å². The van der Waals surface area contributed by atoms with Crippen LogP contribution in [0, 0.1) is 11.8 Å². The number of carbonyl (C=O) groups excluding carboxylic acids is 2. The van der Waals surface area contributed by atoms with Gasteiger partial charge in [-0.15, -0.1) is 23.2 Å². The van der Waals surface area contributed by atoms with Crippen LogP contribution >= 0.6 is 23.2 Å². The average molecular weight is 391 g/mol. The van der Waals surface area contributed by atoms with Crippen molar-refractivity contribution in [1.82, 2.24) is 0 Å². The summed E-state index contributed by atoms with van der Waals surface area (Å²) in [6.45, 7) is 0. The largest absolute Gasteiger partial charge is 0.511 e. The number of methoxy groups -OCH3 is 1. The van der Waals surface area contributed by atoms with E-state index in [2.05, 4.69) is 0 Å². The summed E-state index contributed by atoms with van der Waals surface area (Å²) < 4.78 is 15.5. The number of aliphatic hydroxyl groups excluding tert-OH is 2. The number of halogens is 2. The van der Waals surface area contributed by atoms with Crippen LogP contribution in [0.5, 0.6) is 0 Å². The van der Waals surface area contributed by atoms with E-state index in [1.165, 1.54) is 13.2 Å². The third kappa shape index (κ3) is 3.23. The number of cyclic esters (lactones) is 2.